The number of furan rings is 1. The molecule has 1 amide bonds. The van der Waals surface area contributed by atoms with E-state index >= 15 is 0 Å². The van der Waals surface area contributed by atoms with Gasteiger partial charge in [-0.2, -0.15) is 10.2 Å². The number of nitrogens with one attached hydrogen (secondary N) is 1. The minimum absolute atomic E-state index is 0.227. The van der Waals surface area contributed by atoms with Crippen LogP contribution >= 0.6 is 0 Å². The first-order chi connectivity index (χ1) is 16.9. The molecule has 1 aromatic carbocycles. The molecule has 0 aliphatic heterocycles. The second-order valence-electron chi connectivity index (χ2n) is 7.81. The van der Waals surface area contributed by atoms with Crippen molar-refractivity contribution < 1.29 is 18.7 Å². The molecule has 0 unspecified atom stereocenters. The number of ether oxygens (including phenoxy) is 1. The largest absolute Gasteiger partial charge is 0.463 e. The Balaban J connectivity index is 1.42. The van der Waals surface area contributed by atoms with Gasteiger partial charge in [-0.05, 0) is 62.4 Å². The lowest BCUT2D eigenvalue weighted by molar-refractivity contribution is 0.0519. The lowest BCUT2D eigenvalue weighted by atomic mass is 10.1. The molecule has 35 heavy (non-hydrogen) atoms. The number of fused-ring (bicyclic) bond motifs is 1. The molecule has 176 valence electrons. The molecule has 0 radical (unpaired) electrons. The third-order valence-corrected chi connectivity index (χ3v) is 5.45. The van der Waals surface area contributed by atoms with E-state index < -0.39 is 5.97 Å². The molecule has 5 aromatic rings. The van der Waals surface area contributed by atoms with E-state index in [0.717, 1.165) is 5.69 Å². The highest BCUT2D eigenvalue weighted by molar-refractivity contribution is 6.13. The topological polar surface area (TPSA) is 117 Å². The highest BCUT2D eigenvalue weighted by Crippen LogP contribution is 2.28. The molecular formula is C25H22N6O4. The third kappa shape index (κ3) is 4.17. The van der Waals surface area contributed by atoms with Gasteiger partial charge in [0.05, 0.1) is 35.2 Å². The summed E-state index contributed by atoms with van der Waals surface area (Å²) in [5, 5.41) is 12.3. The number of amides is 1. The first-order valence-electron chi connectivity index (χ1n) is 11.0. The number of hydrogen-bond donors (Lipinski definition) is 1. The van der Waals surface area contributed by atoms with Gasteiger partial charge in [-0.3, -0.25) is 9.48 Å². The quantitative estimate of drug-likeness (QED) is 0.371. The molecule has 5 rings (SSSR count). The van der Waals surface area contributed by atoms with E-state index in [4.69, 9.17) is 9.15 Å². The Bertz CT molecular complexity index is 1530. The Labute approximate surface area is 200 Å². The number of carbonyl (C=O) groups excluding carboxylic acids is 2. The predicted octanol–water partition coefficient (Wildman–Crippen LogP) is 4.15. The minimum Gasteiger partial charge on any atom is -0.463 e. The molecule has 10 nitrogen and oxygen atoms in total. The van der Waals surface area contributed by atoms with E-state index in [1.54, 1.807) is 84.3 Å². The van der Waals surface area contributed by atoms with E-state index in [1.165, 1.54) is 0 Å². The maximum absolute atomic E-state index is 13.3. The number of aryl methyl sites for hydroxylation is 2. The van der Waals surface area contributed by atoms with Gasteiger partial charge < -0.3 is 14.5 Å². The fourth-order valence-corrected chi connectivity index (χ4v) is 3.85. The Kier molecular flexibility index (Phi) is 5.61. The molecule has 4 aromatic heterocycles. The smallest absolute Gasteiger partial charge is 0.358 e. The van der Waals surface area contributed by atoms with Gasteiger partial charge in [0.15, 0.2) is 17.1 Å². The first kappa shape index (κ1) is 22.1. The van der Waals surface area contributed by atoms with E-state index in [1.807, 2.05) is 6.92 Å². The van der Waals surface area contributed by atoms with Crippen molar-refractivity contribution >= 4 is 28.6 Å². The lowest BCUT2D eigenvalue weighted by Crippen LogP contribution is -2.13. The van der Waals surface area contributed by atoms with Crippen molar-refractivity contribution in [1.29, 1.82) is 0 Å². The van der Waals surface area contributed by atoms with E-state index in [2.05, 4.69) is 20.5 Å². The summed E-state index contributed by atoms with van der Waals surface area (Å²) in [4.78, 5) is 29.8. The van der Waals surface area contributed by atoms with Gasteiger partial charge >= 0.3 is 5.97 Å². The van der Waals surface area contributed by atoms with Gasteiger partial charge in [0.25, 0.3) is 5.91 Å². The summed E-state index contributed by atoms with van der Waals surface area (Å²) >= 11 is 0. The molecular weight excluding hydrogens is 448 g/mol. The second-order valence-corrected chi connectivity index (χ2v) is 7.81. The molecule has 0 fully saturated rings. The molecule has 0 saturated carbocycles. The number of rotatable bonds is 6. The SMILES string of the molecule is CCOC(=O)c1ccn(-c2ccc(NC(=O)c3cc(-c4ccco4)nc4c3c(C)nn4C)cc2)n1. The molecule has 0 spiro atoms. The molecule has 0 atom stereocenters. The third-order valence-electron chi connectivity index (χ3n) is 5.45. The summed E-state index contributed by atoms with van der Waals surface area (Å²) in [6.45, 7) is 3.87. The van der Waals surface area contributed by atoms with Crippen LogP contribution in [0.4, 0.5) is 5.69 Å². The van der Waals surface area contributed by atoms with Crippen LogP contribution in [0.2, 0.25) is 0 Å². The van der Waals surface area contributed by atoms with Crippen LogP contribution in [0.1, 0.15) is 33.5 Å². The average molecular weight is 470 g/mol. The van der Waals surface area contributed by atoms with Crippen molar-refractivity contribution in [3.05, 3.63) is 77.9 Å². The minimum atomic E-state index is -0.474. The highest BCUT2D eigenvalue weighted by atomic mass is 16.5. The molecule has 4 heterocycles. The van der Waals surface area contributed by atoms with E-state index in [0.29, 0.717) is 39.4 Å². The number of pyridine rings is 1. The zero-order valence-electron chi connectivity index (χ0n) is 19.3. The number of esters is 1. The normalized spacial score (nSPS) is 11.1. The summed E-state index contributed by atoms with van der Waals surface area (Å²) in [7, 11) is 1.79. The fourth-order valence-electron chi connectivity index (χ4n) is 3.85. The van der Waals surface area contributed by atoms with Crippen LogP contribution in [0.5, 0.6) is 0 Å². The van der Waals surface area contributed by atoms with Gasteiger partial charge in [0.2, 0.25) is 0 Å². The predicted molar refractivity (Wildman–Crippen MR) is 128 cm³/mol. The summed E-state index contributed by atoms with van der Waals surface area (Å²) in [6, 6.07) is 14.0. The molecule has 0 bridgehead atoms. The Morgan fingerprint density at radius 1 is 1.11 bits per heavy atom. The maximum atomic E-state index is 13.3. The summed E-state index contributed by atoms with van der Waals surface area (Å²) in [5.41, 5.74) is 3.84. The van der Waals surface area contributed by atoms with Crippen molar-refractivity contribution in [2.45, 2.75) is 13.8 Å². The van der Waals surface area contributed by atoms with Crippen molar-refractivity contribution in [3.63, 3.8) is 0 Å². The number of benzene rings is 1. The Morgan fingerprint density at radius 2 is 1.91 bits per heavy atom. The summed E-state index contributed by atoms with van der Waals surface area (Å²) in [5.74, 6) is -0.207. The van der Waals surface area contributed by atoms with E-state index in [9.17, 15) is 9.59 Å². The van der Waals surface area contributed by atoms with Crippen LogP contribution in [-0.2, 0) is 11.8 Å². The van der Waals surface area contributed by atoms with Crippen molar-refractivity contribution in [2.24, 2.45) is 7.05 Å². The standard InChI is InChI=1S/C25H22N6O4/c1-4-34-25(33)19-11-12-31(29-19)17-9-7-16(8-10-17)26-24(32)18-14-20(21-6-5-13-35-21)27-23-22(18)15(2)28-30(23)3/h5-14H,4H2,1-3H3,(H,26,32). The number of anilines is 1. The van der Waals surface area contributed by atoms with Crippen LogP contribution in [0.15, 0.2) is 65.4 Å². The number of nitrogens with zero attached hydrogens (tertiary/aromatic N) is 5. The van der Waals surface area contributed by atoms with Crippen LogP contribution in [0.25, 0.3) is 28.2 Å². The number of carbonyl (C=O) groups is 2. The van der Waals surface area contributed by atoms with Gasteiger partial charge in [0, 0.05) is 18.9 Å². The summed E-state index contributed by atoms with van der Waals surface area (Å²) in [6.07, 6.45) is 3.24. The lowest BCUT2D eigenvalue weighted by Gasteiger charge is -2.09. The molecule has 10 heteroatoms. The van der Waals surface area contributed by atoms with Crippen LogP contribution in [0, 0.1) is 6.92 Å². The molecule has 1 N–H and O–H groups in total. The zero-order valence-corrected chi connectivity index (χ0v) is 19.3. The average Bonchev–Trinajstić information content (AvgIpc) is 3.61. The van der Waals surface area contributed by atoms with Crippen molar-refractivity contribution in [1.82, 2.24) is 24.5 Å². The highest BCUT2D eigenvalue weighted by Gasteiger charge is 2.20. The molecule has 0 saturated heterocycles. The van der Waals surface area contributed by atoms with Gasteiger partial charge in [0.1, 0.15) is 5.69 Å². The van der Waals surface area contributed by atoms with Crippen LogP contribution in [0.3, 0.4) is 0 Å². The van der Waals surface area contributed by atoms with Crippen LogP contribution in [-0.4, -0.2) is 43.0 Å². The number of hydrogen-bond acceptors (Lipinski definition) is 7. The first-order valence-corrected chi connectivity index (χ1v) is 11.0. The van der Waals surface area contributed by atoms with Crippen molar-refractivity contribution in [3.8, 4) is 17.1 Å². The monoisotopic (exact) mass is 470 g/mol. The Morgan fingerprint density at radius 3 is 2.63 bits per heavy atom. The fraction of sp³-hybridized carbons (Fsp3) is 0.160. The van der Waals surface area contributed by atoms with Crippen LogP contribution < -0.4 is 5.32 Å². The van der Waals surface area contributed by atoms with Gasteiger partial charge in [-0.15, -0.1) is 0 Å². The Hall–Kier alpha value is -4.73. The summed E-state index contributed by atoms with van der Waals surface area (Å²) < 4.78 is 13.7. The molecule has 0 aliphatic carbocycles. The van der Waals surface area contributed by atoms with Gasteiger partial charge in [-0.1, -0.05) is 0 Å². The van der Waals surface area contributed by atoms with Crippen molar-refractivity contribution in [2.75, 3.05) is 11.9 Å². The molecule has 0 aliphatic rings. The number of aromatic nitrogens is 5. The van der Waals surface area contributed by atoms with E-state index in [-0.39, 0.29) is 18.2 Å². The zero-order chi connectivity index (χ0) is 24.5. The van der Waals surface area contributed by atoms with Gasteiger partial charge in [-0.25, -0.2) is 14.5 Å². The maximum Gasteiger partial charge on any atom is 0.358 e. The second kappa shape index (κ2) is 8.90.